The molecule has 1 saturated heterocycles. The molecule has 2 heterocycles. The normalized spacial score (nSPS) is 19.5. The highest BCUT2D eigenvalue weighted by atomic mass is 35.5. The van der Waals surface area contributed by atoms with Crippen LogP contribution in [0, 0.1) is 0 Å². The van der Waals surface area contributed by atoms with Gasteiger partial charge in [-0.3, -0.25) is 4.79 Å². The first kappa shape index (κ1) is 12.5. The first-order valence-corrected chi connectivity index (χ1v) is 6.90. The molecule has 3 N–H and O–H groups in total. The Kier molecular flexibility index (Phi) is 3.44. The Morgan fingerprint density at radius 1 is 1.42 bits per heavy atom. The minimum Gasteiger partial charge on any atom is -0.350 e. The van der Waals surface area contributed by atoms with Gasteiger partial charge in [0.25, 0.3) is 5.91 Å². The number of amides is 1. The number of nitrogens with one attached hydrogen (secondary N) is 3. The van der Waals surface area contributed by atoms with Crippen LogP contribution >= 0.6 is 11.6 Å². The Morgan fingerprint density at radius 3 is 3.05 bits per heavy atom. The average molecular weight is 278 g/mol. The van der Waals surface area contributed by atoms with E-state index in [9.17, 15) is 4.79 Å². The van der Waals surface area contributed by atoms with Crippen LogP contribution in [0.5, 0.6) is 0 Å². The zero-order chi connectivity index (χ0) is 13.2. The number of piperidine rings is 1. The Bertz CT molecular complexity index is 602. The lowest BCUT2D eigenvalue weighted by atomic mass is 10.1. The quantitative estimate of drug-likeness (QED) is 0.789. The minimum atomic E-state index is -0.0685. The van der Waals surface area contributed by atoms with Gasteiger partial charge in [0.05, 0.1) is 0 Å². The van der Waals surface area contributed by atoms with Crippen LogP contribution in [0.3, 0.4) is 0 Å². The van der Waals surface area contributed by atoms with Crippen molar-refractivity contribution in [2.45, 2.75) is 18.9 Å². The summed E-state index contributed by atoms with van der Waals surface area (Å²) in [4.78, 5) is 15.3. The number of carbonyl (C=O) groups excluding carboxylic acids is 1. The Morgan fingerprint density at radius 2 is 2.32 bits per heavy atom. The first-order chi connectivity index (χ1) is 9.24. The fourth-order valence-electron chi connectivity index (χ4n) is 2.48. The van der Waals surface area contributed by atoms with Crippen molar-refractivity contribution in [3.05, 3.63) is 35.0 Å². The molecule has 1 atom stereocenters. The fraction of sp³-hybridized carbons (Fsp3) is 0.357. The molecule has 0 bridgehead atoms. The standard InChI is InChI=1S/C14H16ClN3O/c15-11-4-1-5-12-10(11)7-13(18-12)14(19)17-9-3-2-6-16-8-9/h1,4-5,7,9,16,18H,2-3,6,8H2,(H,17,19). The van der Waals surface area contributed by atoms with Crippen molar-refractivity contribution < 1.29 is 4.79 Å². The predicted molar refractivity (Wildman–Crippen MR) is 76.7 cm³/mol. The Labute approximate surface area is 116 Å². The molecule has 5 heteroatoms. The van der Waals surface area contributed by atoms with Crippen molar-refractivity contribution in [1.29, 1.82) is 0 Å². The lowest BCUT2D eigenvalue weighted by molar-refractivity contribution is 0.0926. The summed E-state index contributed by atoms with van der Waals surface area (Å²) < 4.78 is 0. The van der Waals surface area contributed by atoms with Gasteiger partial charge in [-0.2, -0.15) is 0 Å². The summed E-state index contributed by atoms with van der Waals surface area (Å²) in [6.45, 7) is 1.88. The van der Waals surface area contributed by atoms with E-state index in [2.05, 4.69) is 15.6 Å². The molecule has 19 heavy (non-hydrogen) atoms. The molecule has 3 rings (SSSR count). The van der Waals surface area contributed by atoms with Crippen molar-refractivity contribution in [3.63, 3.8) is 0 Å². The highest BCUT2D eigenvalue weighted by Crippen LogP contribution is 2.23. The largest absolute Gasteiger partial charge is 0.350 e. The maximum Gasteiger partial charge on any atom is 0.267 e. The highest BCUT2D eigenvalue weighted by Gasteiger charge is 2.17. The van der Waals surface area contributed by atoms with E-state index in [-0.39, 0.29) is 11.9 Å². The molecule has 0 saturated carbocycles. The molecule has 1 aliphatic heterocycles. The summed E-state index contributed by atoms with van der Waals surface area (Å²) >= 11 is 6.11. The Hall–Kier alpha value is -1.52. The molecule has 1 aromatic carbocycles. The van der Waals surface area contributed by atoms with E-state index in [0.717, 1.165) is 36.8 Å². The molecule has 1 fully saturated rings. The summed E-state index contributed by atoms with van der Waals surface area (Å²) in [5.74, 6) is -0.0685. The van der Waals surface area contributed by atoms with Crippen LogP contribution in [-0.4, -0.2) is 30.0 Å². The van der Waals surface area contributed by atoms with E-state index in [1.807, 2.05) is 24.3 Å². The van der Waals surface area contributed by atoms with Gasteiger partial charge in [-0.25, -0.2) is 0 Å². The number of benzene rings is 1. The molecular weight excluding hydrogens is 262 g/mol. The van der Waals surface area contributed by atoms with Crippen LogP contribution in [0.2, 0.25) is 5.02 Å². The Balaban J connectivity index is 1.79. The molecule has 1 amide bonds. The third kappa shape index (κ3) is 2.60. The number of fused-ring (bicyclic) bond motifs is 1. The highest BCUT2D eigenvalue weighted by molar-refractivity contribution is 6.35. The number of aromatic amines is 1. The van der Waals surface area contributed by atoms with Crippen LogP contribution in [0.1, 0.15) is 23.3 Å². The van der Waals surface area contributed by atoms with Gasteiger partial charge in [-0.15, -0.1) is 0 Å². The first-order valence-electron chi connectivity index (χ1n) is 6.53. The third-order valence-corrected chi connectivity index (χ3v) is 3.82. The molecule has 1 unspecified atom stereocenters. The second-order valence-electron chi connectivity index (χ2n) is 4.90. The lowest BCUT2D eigenvalue weighted by Gasteiger charge is -2.23. The van der Waals surface area contributed by atoms with Gasteiger partial charge in [0.1, 0.15) is 5.69 Å². The molecule has 0 radical (unpaired) electrons. The van der Waals surface area contributed by atoms with Crippen molar-refractivity contribution in [2.24, 2.45) is 0 Å². The summed E-state index contributed by atoms with van der Waals surface area (Å²) in [6.07, 6.45) is 2.13. The average Bonchev–Trinajstić information content (AvgIpc) is 2.85. The smallest absolute Gasteiger partial charge is 0.267 e. The number of carbonyl (C=O) groups is 1. The second-order valence-corrected chi connectivity index (χ2v) is 5.31. The van der Waals surface area contributed by atoms with Crippen LogP contribution in [0.25, 0.3) is 10.9 Å². The van der Waals surface area contributed by atoms with Crippen molar-refractivity contribution in [3.8, 4) is 0 Å². The number of rotatable bonds is 2. The number of hydrogen-bond acceptors (Lipinski definition) is 2. The molecule has 0 aliphatic carbocycles. The molecular formula is C14H16ClN3O. The molecule has 0 spiro atoms. The number of aromatic nitrogens is 1. The molecule has 1 aromatic heterocycles. The van der Waals surface area contributed by atoms with E-state index >= 15 is 0 Å². The van der Waals surface area contributed by atoms with E-state index in [1.165, 1.54) is 0 Å². The maximum absolute atomic E-state index is 12.2. The summed E-state index contributed by atoms with van der Waals surface area (Å²) in [5.41, 5.74) is 1.45. The SMILES string of the molecule is O=C(NC1CCCNC1)c1cc2c(Cl)cccc2[nH]1. The van der Waals surface area contributed by atoms with Gasteiger partial charge >= 0.3 is 0 Å². The molecule has 1 aliphatic rings. The number of halogens is 1. The third-order valence-electron chi connectivity index (χ3n) is 3.49. The van der Waals surface area contributed by atoms with Crippen molar-refractivity contribution in [1.82, 2.24) is 15.6 Å². The zero-order valence-corrected chi connectivity index (χ0v) is 11.3. The van der Waals surface area contributed by atoms with Crippen molar-refractivity contribution >= 4 is 28.4 Å². The maximum atomic E-state index is 12.2. The second kappa shape index (κ2) is 5.23. The van der Waals surface area contributed by atoms with E-state index < -0.39 is 0 Å². The van der Waals surface area contributed by atoms with Crippen LogP contribution in [0.4, 0.5) is 0 Å². The van der Waals surface area contributed by atoms with Gasteiger partial charge in [-0.1, -0.05) is 17.7 Å². The van der Waals surface area contributed by atoms with Crippen LogP contribution in [0.15, 0.2) is 24.3 Å². The van der Waals surface area contributed by atoms with Crippen LogP contribution < -0.4 is 10.6 Å². The van der Waals surface area contributed by atoms with E-state index in [4.69, 9.17) is 11.6 Å². The predicted octanol–water partition coefficient (Wildman–Crippen LogP) is 2.30. The fourth-order valence-corrected chi connectivity index (χ4v) is 2.71. The number of H-pyrrole nitrogens is 1. The lowest BCUT2D eigenvalue weighted by Crippen LogP contribution is -2.45. The molecule has 100 valence electrons. The van der Waals surface area contributed by atoms with Gasteiger partial charge in [0, 0.05) is 28.5 Å². The number of hydrogen-bond donors (Lipinski definition) is 3. The van der Waals surface area contributed by atoms with E-state index in [1.54, 1.807) is 0 Å². The minimum absolute atomic E-state index is 0.0685. The molecule has 2 aromatic rings. The van der Waals surface area contributed by atoms with Crippen LogP contribution in [-0.2, 0) is 0 Å². The van der Waals surface area contributed by atoms with Gasteiger partial charge in [-0.05, 0) is 37.6 Å². The topological polar surface area (TPSA) is 56.9 Å². The monoisotopic (exact) mass is 277 g/mol. The van der Waals surface area contributed by atoms with Crippen molar-refractivity contribution in [2.75, 3.05) is 13.1 Å². The van der Waals surface area contributed by atoms with E-state index in [0.29, 0.717) is 10.7 Å². The summed E-state index contributed by atoms with van der Waals surface area (Å²) in [6, 6.07) is 7.63. The zero-order valence-electron chi connectivity index (χ0n) is 10.5. The van der Waals surface area contributed by atoms with Gasteiger partial charge in [0.15, 0.2) is 0 Å². The summed E-state index contributed by atoms with van der Waals surface area (Å²) in [5, 5.41) is 7.87. The van der Waals surface area contributed by atoms with Gasteiger partial charge in [0.2, 0.25) is 0 Å². The summed E-state index contributed by atoms with van der Waals surface area (Å²) in [7, 11) is 0. The molecule has 4 nitrogen and oxygen atoms in total. The van der Waals surface area contributed by atoms with Gasteiger partial charge < -0.3 is 15.6 Å².